The van der Waals surface area contributed by atoms with Gasteiger partial charge in [0.1, 0.15) is 5.82 Å². The molecule has 2 aromatic rings. The van der Waals surface area contributed by atoms with Gasteiger partial charge in [-0.15, -0.1) is 0 Å². The topological polar surface area (TPSA) is 73.9 Å². The molecule has 0 radical (unpaired) electrons. The first-order chi connectivity index (χ1) is 17.7. The maximum Gasteiger partial charge on any atom is 0.337 e. The SMILES string of the molecule is CC[C@H](C)OC(=O)C1=C(C)NC2=C(C(=O)C[C@H](c3ccc(OC)c(OC)c3)C2)[C@@H]1c1c(F)cccc1Cl. The van der Waals surface area contributed by atoms with E-state index in [4.69, 9.17) is 25.8 Å². The molecule has 0 fully saturated rings. The fourth-order valence-electron chi connectivity index (χ4n) is 5.06. The second kappa shape index (κ2) is 11.0. The van der Waals surface area contributed by atoms with E-state index in [1.54, 1.807) is 34.1 Å². The highest BCUT2D eigenvalue weighted by molar-refractivity contribution is 6.31. The van der Waals surface area contributed by atoms with Crippen molar-refractivity contribution in [2.24, 2.45) is 0 Å². The van der Waals surface area contributed by atoms with E-state index >= 15 is 4.39 Å². The van der Waals surface area contributed by atoms with Crippen molar-refractivity contribution in [1.29, 1.82) is 0 Å². The van der Waals surface area contributed by atoms with Gasteiger partial charge < -0.3 is 19.5 Å². The fourth-order valence-corrected chi connectivity index (χ4v) is 5.33. The zero-order chi connectivity index (χ0) is 26.9. The molecule has 0 saturated carbocycles. The van der Waals surface area contributed by atoms with Gasteiger partial charge in [0.05, 0.1) is 31.8 Å². The molecule has 4 rings (SSSR count). The minimum Gasteiger partial charge on any atom is -0.493 e. The predicted octanol–water partition coefficient (Wildman–Crippen LogP) is 6.20. The molecule has 0 saturated heterocycles. The summed E-state index contributed by atoms with van der Waals surface area (Å²) < 4.78 is 31.7. The van der Waals surface area contributed by atoms with Crippen LogP contribution in [0.1, 0.15) is 63.0 Å². The number of hydrogen-bond donors (Lipinski definition) is 1. The van der Waals surface area contributed by atoms with Crippen molar-refractivity contribution in [2.75, 3.05) is 14.2 Å². The Balaban J connectivity index is 1.81. The smallest absolute Gasteiger partial charge is 0.337 e. The van der Waals surface area contributed by atoms with E-state index in [-0.39, 0.29) is 40.4 Å². The van der Waals surface area contributed by atoms with Gasteiger partial charge in [-0.2, -0.15) is 0 Å². The zero-order valence-electron chi connectivity index (χ0n) is 21.6. The summed E-state index contributed by atoms with van der Waals surface area (Å²) in [5, 5.41) is 3.42. The molecule has 1 aliphatic carbocycles. The molecule has 196 valence electrons. The Kier molecular flexibility index (Phi) is 7.93. The first-order valence-corrected chi connectivity index (χ1v) is 12.7. The van der Waals surface area contributed by atoms with Crippen molar-refractivity contribution in [3.8, 4) is 11.5 Å². The lowest BCUT2D eigenvalue weighted by atomic mass is 9.71. The number of allylic oxidation sites excluding steroid dienone is 3. The molecule has 1 N–H and O–H groups in total. The van der Waals surface area contributed by atoms with Gasteiger partial charge in [-0.05, 0) is 62.4 Å². The van der Waals surface area contributed by atoms with Crippen LogP contribution in [0.2, 0.25) is 5.02 Å². The number of rotatable bonds is 7. The Morgan fingerprint density at radius 3 is 2.54 bits per heavy atom. The van der Waals surface area contributed by atoms with Crippen LogP contribution in [0.4, 0.5) is 4.39 Å². The summed E-state index contributed by atoms with van der Waals surface area (Å²) in [5.41, 5.74) is 2.74. The van der Waals surface area contributed by atoms with Gasteiger partial charge in [0.15, 0.2) is 17.3 Å². The second-order valence-electron chi connectivity index (χ2n) is 9.39. The van der Waals surface area contributed by atoms with Crippen LogP contribution in [-0.4, -0.2) is 32.1 Å². The van der Waals surface area contributed by atoms with Crippen LogP contribution >= 0.6 is 11.6 Å². The number of ketones is 1. The number of carbonyl (C=O) groups excluding carboxylic acids is 2. The monoisotopic (exact) mass is 527 g/mol. The molecule has 0 unspecified atom stereocenters. The summed E-state index contributed by atoms with van der Waals surface area (Å²) >= 11 is 6.48. The fraction of sp³-hybridized carbons (Fsp3) is 0.379. The summed E-state index contributed by atoms with van der Waals surface area (Å²) in [7, 11) is 3.13. The summed E-state index contributed by atoms with van der Waals surface area (Å²) in [6.45, 7) is 5.44. The molecule has 8 heteroatoms. The molecule has 0 amide bonds. The summed E-state index contributed by atoms with van der Waals surface area (Å²) in [4.78, 5) is 27.1. The van der Waals surface area contributed by atoms with Crippen molar-refractivity contribution in [3.63, 3.8) is 0 Å². The lowest BCUT2D eigenvalue weighted by Gasteiger charge is -2.37. The number of dihydropyridines is 1. The maximum atomic E-state index is 15.3. The molecule has 0 bridgehead atoms. The van der Waals surface area contributed by atoms with E-state index in [9.17, 15) is 9.59 Å². The number of halogens is 2. The van der Waals surface area contributed by atoms with Crippen molar-refractivity contribution < 1.29 is 28.2 Å². The Morgan fingerprint density at radius 1 is 1.16 bits per heavy atom. The number of hydrogen-bond acceptors (Lipinski definition) is 6. The van der Waals surface area contributed by atoms with Gasteiger partial charge in [-0.3, -0.25) is 4.79 Å². The molecular weight excluding hydrogens is 497 g/mol. The van der Waals surface area contributed by atoms with Crippen molar-refractivity contribution in [3.05, 3.63) is 80.9 Å². The zero-order valence-corrected chi connectivity index (χ0v) is 22.4. The van der Waals surface area contributed by atoms with Crippen LogP contribution in [0, 0.1) is 5.82 Å². The van der Waals surface area contributed by atoms with E-state index in [0.29, 0.717) is 41.3 Å². The highest BCUT2D eigenvalue weighted by Gasteiger charge is 2.43. The lowest BCUT2D eigenvalue weighted by molar-refractivity contribution is -0.144. The van der Waals surface area contributed by atoms with Gasteiger partial charge in [-0.1, -0.05) is 30.7 Å². The minimum absolute atomic E-state index is 0.103. The highest BCUT2D eigenvalue weighted by Crippen LogP contribution is 2.48. The van der Waals surface area contributed by atoms with Crippen LogP contribution in [-0.2, 0) is 14.3 Å². The van der Waals surface area contributed by atoms with Gasteiger partial charge in [0.25, 0.3) is 0 Å². The van der Waals surface area contributed by atoms with Crippen molar-refractivity contribution in [1.82, 2.24) is 5.32 Å². The van der Waals surface area contributed by atoms with E-state index in [1.165, 1.54) is 12.1 Å². The Labute approximate surface area is 221 Å². The number of Topliss-reactive ketones (excluding diaryl/α,β-unsaturated/α-hetero) is 1. The highest BCUT2D eigenvalue weighted by atomic mass is 35.5. The Bertz CT molecular complexity index is 1280. The van der Waals surface area contributed by atoms with E-state index in [1.807, 2.05) is 25.1 Å². The molecule has 1 aliphatic heterocycles. The normalized spacial score (nSPS) is 20.2. The van der Waals surface area contributed by atoms with Crippen LogP contribution in [0.3, 0.4) is 0 Å². The number of esters is 1. The van der Waals surface area contributed by atoms with Crippen LogP contribution in [0.15, 0.2) is 58.9 Å². The van der Waals surface area contributed by atoms with Crippen LogP contribution in [0.25, 0.3) is 0 Å². The Morgan fingerprint density at radius 2 is 1.89 bits per heavy atom. The van der Waals surface area contributed by atoms with Crippen LogP contribution < -0.4 is 14.8 Å². The average molecular weight is 528 g/mol. The number of nitrogens with one attached hydrogen (secondary N) is 1. The van der Waals surface area contributed by atoms with E-state index in [2.05, 4.69) is 5.32 Å². The number of methoxy groups -OCH3 is 2. The largest absolute Gasteiger partial charge is 0.493 e. The third kappa shape index (κ3) is 5.10. The molecular formula is C29H31ClFNO5. The molecule has 2 aromatic carbocycles. The van der Waals surface area contributed by atoms with Gasteiger partial charge in [-0.25, -0.2) is 9.18 Å². The first-order valence-electron chi connectivity index (χ1n) is 12.3. The maximum absolute atomic E-state index is 15.3. The lowest BCUT2D eigenvalue weighted by Crippen LogP contribution is -2.37. The second-order valence-corrected chi connectivity index (χ2v) is 9.80. The molecule has 6 nitrogen and oxygen atoms in total. The summed E-state index contributed by atoms with van der Waals surface area (Å²) in [5.74, 6) is -1.29. The van der Waals surface area contributed by atoms with Crippen molar-refractivity contribution in [2.45, 2.75) is 58.0 Å². The quantitative estimate of drug-likeness (QED) is 0.432. The van der Waals surface area contributed by atoms with E-state index < -0.39 is 17.7 Å². The minimum atomic E-state index is -0.972. The molecule has 0 aromatic heterocycles. The average Bonchev–Trinajstić information content (AvgIpc) is 2.87. The molecule has 0 spiro atoms. The molecule has 2 aliphatic rings. The molecule has 1 heterocycles. The first kappa shape index (κ1) is 26.7. The Hall–Kier alpha value is -3.32. The summed E-state index contributed by atoms with van der Waals surface area (Å²) in [6, 6.07) is 9.95. The third-order valence-electron chi connectivity index (χ3n) is 7.10. The number of benzene rings is 2. The third-order valence-corrected chi connectivity index (χ3v) is 7.43. The molecule has 3 atom stereocenters. The van der Waals surface area contributed by atoms with Gasteiger partial charge >= 0.3 is 5.97 Å². The standard InChI is InChI=1S/C29H31ClFNO5/c1-6-15(2)37-29(34)25-16(3)32-21-12-18(17-10-11-23(35-4)24(14-17)36-5)13-22(33)27(21)28(25)26-19(30)8-7-9-20(26)31/h7-11,14-15,18,28,32H,6,12-13H2,1-5H3/t15-,18+,28-/m0/s1. The van der Waals surface area contributed by atoms with Gasteiger partial charge in [0.2, 0.25) is 0 Å². The number of carbonyl (C=O) groups is 2. The van der Waals surface area contributed by atoms with Crippen molar-refractivity contribution >= 4 is 23.4 Å². The molecule has 37 heavy (non-hydrogen) atoms. The predicted molar refractivity (Wildman–Crippen MR) is 139 cm³/mol. The van der Waals surface area contributed by atoms with Crippen LogP contribution in [0.5, 0.6) is 11.5 Å². The van der Waals surface area contributed by atoms with E-state index in [0.717, 1.165) is 5.56 Å². The number of ether oxygens (including phenoxy) is 3. The summed E-state index contributed by atoms with van der Waals surface area (Å²) in [6.07, 6.45) is 0.961. The van der Waals surface area contributed by atoms with Gasteiger partial charge in [0, 0.05) is 34.0 Å².